The van der Waals surface area contributed by atoms with Crippen molar-refractivity contribution in [1.29, 1.82) is 0 Å². The number of oxazole rings is 1. The highest BCUT2D eigenvalue weighted by Crippen LogP contribution is 2.34. The van der Waals surface area contributed by atoms with Gasteiger partial charge in [0.1, 0.15) is 29.3 Å². The fourth-order valence-corrected chi connectivity index (χ4v) is 4.75. The summed E-state index contributed by atoms with van der Waals surface area (Å²) in [6.07, 6.45) is 7.25. The summed E-state index contributed by atoms with van der Waals surface area (Å²) >= 11 is 0. The molecule has 3 saturated heterocycles. The van der Waals surface area contributed by atoms with E-state index in [1.54, 1.807) is 22.9 Å². The molecule has 31 heavy (non-hydrogen) atoms. The molecule has 7 rings (SSSR count). The van der Waals surface area contributed by atoms with Crippen molar-refractivity contribution in [1.82, 2.24) is 24.3 Å². The molecule has 1 aromatic carbocycles. The molecule has 3 aromatic heterocycles. The van der Waals surface area contributed by atoms with E-state index in [0.29, 0.717) is 40.8 Å². The maximum Gasteiger partial charge on any atom is 0.306 e. The van der Waals surface area contributed by atoms with Crippen molar-refractivity contribution in [3.8, 4) is 22.6 Å². The number of hydrogen-bond acceptors (Lipinski definition) is 6. The van der Waals surface area contributed by atoms with Crippen LogP contribution in [0, 0.1) is 17.6 Å². The Hall–Kier alpha value is -3.33. The minimum Gasteiger partial charge on any atom is -0.432 e. The first-order chi connectivity index (χ1) is 15.2. The Labute approximate surface area is 176 Å². The molecule has 4 aromatic rings. The van der Waals surface area contributed by atoms with E-state index in [9.17, 15) is 8.78 Å². The van der Waals surface area contributed by atoms with E-state index < -0.39 is 11.6 Å². The number of fused-ring (bicyclic) bond motifs is 4. The van der Waals surface area contributed by atoms with Crippen LogP contribution in [-0.2, 0) is 0 Å². The van der Waals surface area contributed by atoms with Gasteiger partial charge in [0.2, 0.25) is 5.95 Å². The molecular formula is C22H20F2N6O. The maximum atomic E-state index is 14.6. The molecule has 3 fully saturated rings. The van der Waals surface area contributed by atoms with Gasteiger partial charge in [0, 0.05) is 36.6 Å². The zero-order chi connectivity index (χ0) is 20.9. The van der Waals surface area contributed by atoms with E-state index in [2.05, 4.69) is 20.2 Å². The molecule has 3 aliphatic heterocycles. The Morgan fingerprint density at radius 2 is 1.97 bits per heavy atom. The van der Waals surface area contributed by atoms with E-state index in [1.807, 2.05) is 0 Å². The highest BCUT2D eigenvalue weighted by molar-refractivity contribution is 5.80. The van der Waals surface area contributed by atoms with Crippen LogP contribution in [0.3, 0.4) is 0 Å². The van der Waals surface area contributed by atoms with Crippen LogP contribution in [0.1, 0.15) is 12.8 Å². The summed E-state index contributed by atoms with van der Waals surface area (Å²) in [6.45, 7) is 3.30. The topological polar surface area (TPSA) is 71.5 Å². The number of piperidine rings is 3. The van der Waals surface area contributed by atoms with Gasteiger partial charge in [-0.1, -0.05) is 0 Å². The minimum absolute atomic E-state index is 0.181. The molecule has 2 bridgehead atoms. The highest BCUT2D eigenvalue weighted by atomic mass is 19.1. The summed E-state index contributed by atoms with van der Waals surface area (Å²) in [7, 11) is 0. The summed E-state index contributed by atoms with van der Waals surface area (Å²) in [6, 6.07) is 5.50. The lowest BCUT2D eigenvalue weighted by Gasteiger charge is -2.44. The van der Waals surface area contributed by atoms with Gasteiger partial charge >= 0.3 is 5.84 Å². The summed E-state index contributed by atoms with van der Waals surface area (Å²) in [4.78, 5) is 16.0. The second-order valence-electron chi connectivity index (χ2n) is 8.14. The Kier molecular flexibility index (Phi) is 4.24. The number of imidazole rings is 1. The first-order valence-corrected chi connectivity index (χ1v) is 10.4. The fraction of sp³-hybridized carbons (Fsp3) is 0.318. The number of nitrogens with one attached hydrogen (secondary N) is 1. The Morgan fingerprint density at radius 3 is 2.74 bits per heavy atom. The molecule has 158 valence electrons. The lowest BCUT2D eigenvalue weighted by atomic mass is 9.84. The van der Waals surface area contributed by atoms with Gasteiger partial charge < -0.3 is 14.6 Å². The minimum atomic E-state index is -0.693. The smallest absolute Gasteiger partial charge is 0.306 e. The predicted octanol–water partition coefficient (Wildman–Crippen LogP) is 3.84. The first kappa shape index (κ1) is 18.4. The molecule has 6 heterocycles. The Morgan fingerprint density at radius 1 is 1.10 bits per heavy atom. The standard InChI is InChI=1S/C22H20F2N6O/c23-14-1-2-15(16(24)11-14)19-20(30-9-10-31-22(30)28-19)17-3-6-25-21(26-17)27-18-12-29-7-4-13(18)5-8-29/h1-3,6,9-11,13,18H,4-5,7-8,12H2,(H,25,26,27). The number of benzene rings is 1. The number of aromatic nitrogens is 4. The van der Waals surface area contributed by atoms with Crippen LogP contribution in [0.5, 0.6) is 0 Å². The molecule has 9 heteroatoms. The van der Waals surface area contributed by atoms with Crippen LogP contribution in [0.15, 0.2) is 47.3 Å². The van der Waals surface area contributed by atoms with E-state index in [1.165, 1.54) is 31.2 Å². The second kappa shape index (κ2) is 7.12. The normalized spacial score (nSPS) is 22.8. The van der Waals surface area contributed by atoms with Crippen LogP contribution in [0.25, 0.3) is 28.5 Å². The molecule has 1 N–H and O–H groups in total. The third-order valence-corrected chi connectivity index (χ3v) is 6.32. The monoisotopic (exact) mass is 422 g/mol. The van der Waals surface area contributed by atoms with E-state index >= 15 is 0 Å². The molecule has 7 nitrogen and oxygen atoms in total. The molecule has 0 radical (unpaired) electrons. The van der Waals surface area contributed by atoms with Gasteiger partial charge in [0.25, 0.3) is 0 Å². The second-order valence-corrected chi connectivity index (χ2v) is 8.14. The SMILES string of the molecule is Fc1ccc(-c2nc3occn3c2-c2ccnc(NC3CN4CCC3CC4)n2)c(F)c1. The van der Waals surface area contributed by atoms with Gasteiger partial charge in [-0.25, -0.2) is 18.7 Å². The lowest BCUT2D eigenvalue weighted by Crippen LogP contribution is -2.53. The van der Waals surface area contributed by atoms with Crippen molar-refractivity contribution in [2.45, 2.75) is 18.9 Å². The van der Waals surface area contributed by atoms with Crippen molar-refractivity contribution in [3.05, 3.63) is 54.6 Å². The largest absolute Gasteiger partial charge is 0.432 e. The van der Waals surface area contributed by atoms with Crippen molar-refractivity contribution >= 4 is 11.8 Å². The van der Waals surface area contributed by atoms with Gasteiger partial charge in [-0.05, 0) is 50.0 Å². The van der Waals surface area contributed by atoms with E-state index in [-0.39, 0.29) is 5.56 Å². The molecular weight excluding hydrogens is 402 g/mol. The predicted molar refractivity (Wildman–Crippen MR) is 110 cm³/mol. The van der Waals surface area contributed by atoms with Gasteiger partial charge in [-0.15, -0.1) is 0 Å². The number of anilines is 1. The summed E-state index contributed by atoms with van der Waals surface area (Å²) in [5, 5.41) is 3.49. The molecule has 1 unspecified atom stereocenters. The van der Waals surface area contributed by atoms with Gasteiger partial charge in [-0.3, -0.25) is 4.40 Å². The van der Waals surface area contributed by atoms with Crippen molar-refractivity contribution < 1.29 is 13.2 Å². The molecule has 3 aliphatic rings. The van der Waals surface area contributed by atoms with Gasteiger partial charge in [0.15, 0.2) is 0 Å². The Bertz CT molecular complexity index is 1260. The molecule has 0 saturated carbocycles. The third-order valence-electron chi connectivity index (χ3n) is 6.32. The van der Waals surface area contributed by atoms with Crippen LogP contribution in [-0.4, -0.2) is 49.9 Å². The zero-order valence-corrected chi connectivity index (χ0v) is 16.6. The average molecular weight is 422 g/mol. The number of rotatable bonds is 4. The number of halogens is 2. The molecule has 0 amide bonds. The Balaban J connectivity index is 1.41. The lowest BCUT2D eigenvalue weighted by molar-refractivity contribution is 0.0972. The van der Waals surface area contributed by atoms with Crippen LogP contribution in [0.4, 0.5) is 14.7 Å². The van der Waals surface area contributed by atoms with Crippen LogP contribution in [0.2, 0.25) is 0 Å². The molecule has 1 atom stereocenters. The van der Waals surface area contributed by atoms with Gasteiger partial charge in [-0.2, -0.15) is 4.98 Å². The number of nitrogens with zero attached hydrogens (tertiary/aromatic N) is 5. The van der Waals surface area contributed by atoms with Crippen molar-refractivity contribution in [2.24, 2.45) is 5.92 Å². The molecule has 0 spiro atoms. The summed E-state index contributed by atoms with van der Waals surface area (Å²) in [5.74, 6) is 0.120. The van der Waals surface area contributed by atoms with Crippen molar-refractivity contribution in [2.75, 3.05) is 25.0 Å². The van der Waals surface area contributed by atoms with Crippen molar-refractivity contribution in [3.63, 3.8) is 0 Å². The fourth-order valence-electron chi connectivity index (χ4n) is 4.75. The molecule has 0 aliphatic carbocycles. The average Bonchev–Trinajstić information content (AvgIpc) is 3.36. The van der Waals surface area contributed by atoms with Gasteiger partial charge in [0.05, 0.1) is 5.69 Å². The summed E-state index contributed by atoms with van der Waals surface area (Å²) < 4.78 is 35.2. The maximum absolute atomic E-state index is 14.6. The number of hydrogen-bond donors (Lipinski definition) is 1. The highest BCUT2D eigenvalue weighted by Gasteiger charge is 2.34. The first-order valence-electron chi connectivity index (χ1n) is 10.4. The van der Waals surface area contributed by atoms with E-state index in [4.69, 9.17) is 9.40 Å². The van der Waals surface area contributed by atoms with Crippen LogP contribution >= 0.6 is 0 Å². The third kappa shape index (κ3) is 3.16. The zero-order valence-electron chi connectivity index (χ0n) is 16.6. The van der Waals surface area contributed by atoms with E-state index in [0.717, 1.165) is 25.7 Å². The summed E-state index contributed by atoms with van der Waals surface area (Å²) in [5.41, 5.74) is 1.66. The quantitative estimate of drug-likeness (QED) is 0.539. The van der Waals surface area contributed by atoms with Crippen LogP contribution < -0.4 is 5.32 Å².